The summed E-state index contributed by atoms with van der Waals surface area (Å²) >= 11 is 0. The molecule has 2 aromatic carbocycles. The van der Waals surface area contributed by atoms with Gasteiger partial charge in [0.15, 0.2) is 11.5 Å². The number of amides is 1. The van der Waals surface area contributed by atoms with Gasteiger partial charge >= 0.3 is 0 Å². The Morgan fingerprint density at radius 2 is 1.71 bits per heavy atom. The van der Waals surface area contributed by atoms with E-state index in [-0.39, 0.29) is 16.9 Å². The number of benzene rings is 2. The topological polar surface area (TPSA) is 88.2 Å². The van der Waals surface area contributed by atoms with Gasteiger partial charge in [0.2, 0.25) is 10.0 Å². The monoisotopic (exact) mass is 487 g/mol. The summed E-state index contributed by atoms with van der Waals surface area (Å²) in [5.74, 6) is 0.840. The molecular formula is C25H33N3O5S. The number of hydrogen-bond acceptors (Lipinski definition) is 6. The highest BCUT2D eigenvalue weighted by Gasteiger charge is 2.25. The van der Waals surface area contributed by atoms with Crippen LogP contribution < -0.4 is 19.7 Å². The van der Waals surface area contributed by atoms with Gasteiger partial charge in [0, 0.05) is 44.6 Å². The van der Waals surface area contributed by atoms with Crippen molar-refractivity contribution in [3.05, 3.63) is 42.0 Å². The number of methoxy groups -OCH3 is 1. The fraction of sp³-hybridized carbons (Fsp3) is 0.480. The lowest BCUT2D eigenvalue weighted by atomic mass is 10.1. The summed E-state index contributed by atoms with van der Waals surface area (Å²) in [6.45, 7) is 1.67. The molecule has 34 heavy (non-hydrogen) atoms. The Hall–Kier alpha value is -2.78. The smallest absolute Gasteiger partial charge is 0.257 e. The van der Waals surface area contributed by atoms with E-state index in [1.54, 1.807) is 37.4 Å². The number of anilines is 2. The average Bonchev–Trinajstić information content (AvgIpc) is 3.53. The number of hydrogen-bond donors (Lipinski definition) is 1. The number of ether oxygens (including phenoxy) is 2. The van der Waals surface area contributed by atoms with Crippen molar-refractivity contribution >= 4 is 27.3 Å². The summed E-state index contributed by atoms with van der Waals surface area (Å²) in [7, 11) is 0.872. The molecule has 1 aliphatic carbocycles. The van der Waals surface area contributed by atoms with E-state index in [4.69, 9.17) is 9.47 Å². The first-order chi connectivity index (χ1) is 16.3. The van der Waals surface area contributed by atoms with Crippen LogP contribution in [-0.2, 0) is 10.0 Å². The molecule has 2 aliphatic rings. The van der Waals surface area contributed by atoms with Gasteiger partial charge in [0.25, 0.3) is 5.91 Å². The van der Waals surface area contributed by atoms with Crippen LogP contribution in [0.5, 0.6) is 11.5 Å². The maximum Gasteiger partial charge on any atom is 0.257 e. The van der Waals surface area contributed by atoms with Crippen LogP contribution >= 0.6 is 0 Å². The summed E-state index contributed by atoms with van der Waals surface area (Å²) < 4.78 is 38.2. The van der Waals surface area contributed by atoms with Crippen LogP contribution in [0.2, 0.25) is 0 Å². The Labute approximate surface area is 201 Å². The van der Waals surface area contributed by atoms with Crippen LogP contribution in [0.3, 0.4) is 0 Å². The Morgan fingerprint density at radius 1 is 1.00 bits per heavy atom. The van der Waals surface area contributed by atoms with Gasteiger partial charge in [0.1, 0.15) is 0 Å². The second-order valence-corrected chi connectivity index (χ2v) is 11.2. The van der Waals surface area contributed by atoms with Gasteiger partial charge in [0.05, 0.1) is 23.7 Å². The summed E-state index contributed by atoms with van der Waals surface area (Å²) in [6.07, 6.45) is 6.54. The van der Waals surface area contributed by atoms with Crippen LogP contribution in [0, 0.1) is 0 Å². The van der Waals surface area contributed by atoms with E-state index in [1.807, 2.05) is 0 Å². The van der Waals surface area contributed by atoms with Crippen molar-refractivity contribution < 1.29 is 22.7 Å². The van der Waals surface area contributed by atoms with Gasteiger partial charge in [-0.1, -0.05) is 0 Å². The zero-order valence-electron chi connectivity index (χ0n) is 20.0. The van der Waals surface area contributed by atoms with Crippen molar-refractivity contribution in [2.45, 2.75) is 49.5 Å². The Bertz CT molecular complexity index is 1140. The molecule has 0 spiro atoms. The fourth-order valence-corrected chi connectivity index (χ4v) is 5.46. The second-order valence-electron chi connectivity index (χ2n) is 9.00. The van der Waals surface area contributed by atoms with E-state index in [9.17, 15) is 13.2 Å². The minimum absolute atomic E-state index is 0.0885. The minimum atomic E-state index is -3.68. The average molecular weight is 488 g/mol. The highest BCUT2D eigenvalue weighted by atomic mass is 32.2. The molecule has 1 aliphatic heterocycles. The van der Waals surface area contributed by atoms with E-state index < -0.39 is 10.0 Å². The molecule has 184 valence electrons. The molecule has 2 fully saturated rings. The van der Waals surface area contributed by atoms with Crippen LogP contribution in [0.25, 0.3) is 0 Å². The van der Waals surface area contributed by atoms with E-state index >= 15 is 0 Å². The van der Waals surface area contributed by atoms with Crippen LogP contribution in [0.1, 0.15) is 48.9 Å². The Morgan fingerprint density at radius 3 is 2.35 bits per heavy atom. The van der Waals surface area contributed by atoms with Gasteiger partial charge in [-0.3, -0.25) is 4.79 Å². The van der Waals surface area contributed by atoms with E-state index in [2.05, 4.69) is 10.2 Å². The predicted octanol–water partition coefficient (Wildman–Crippen LogP) is 4.12. The lowest BCUT2D eigenvalue weighted by molar-refractivity contribution is 0.102. The molecule has 0 atom stereocenters. The predicted molar refractivity (Wildman–Crippen MR) is 133 cm³/mol. The molecule has 2 aromatic rings. The summed E-state index contributed by atoms with van der Waals surface area (Å²) in [5, 5.41) is 2.94. The molecule has 1 amide bonds. The zero-order valence-corrected chi connectivity index (χ0v) is 20.9. The normalized spacial score (nSPS) is 16.8. The van der Waals surface area contributed by atoms with E-state index in [0.29, 0.717) is 22.7 Å². The van der Waals surface area contributed by atoms with Crippen molar-refractivity contribution in [2.75, 3.05) is 44.5 Å². The molecule has 0 unspecified atom stereocenters. The number of sulfonamides is 1. The maximum atomic E-state index is 13.4. The SMILES string of the molecule is COc1ccc(NC(=O)c2cc(S(=O)(=O)N(C)C)ccc2N2CCCC2)cc1OC1CCCC1. The third-order valence-electron chi connectivity index (χ3n) is 6.46. The van der Waals surface area contributed by atoms with Gasteiger partial charge in [-0.15, -0.1) is 0 Å². The summed E-state index contributed by atoms with van der Waals surface area (Å²) in [6, 6.07) is 10.1. The first-order valence-corrected chi connectivity index (χ1v) is 13.2. The maximum absolute atomic E-state index is 13.4. The fourth-order valence-electron chi connectivity index (χ4n) is 4.53. The van der Waals surface area contributed by atoms with Crippen molar-refractivity contribution in [1.82, 2.24) is 4.31 Å². The second kappa shape index (κ2) is 10.2. The van der Waals surface area contributed by atoms with Gasteiger partial charge in [-0.05, 0) is 68.9 Å². The van der Waals surface area contributed by atoms with Crippen LogP contribution in [-0.4, -0.2) is 59.0 Å². The lowest BCUT2D eigenvalue weighted by Crippen LogP contribution is -2.25. The first kappa shape index (κ1) is 24.3. The van der Waals surface area contributed by atoms with Crippen molar-refractivity contribution in [3.63, 3.8) is 0 Å². The highest BCUT2D eigenvalue weighted by molar-refractivity contribution is 7.89. The molecule has 0 bridgehead atoms. The van der Waals surface area contributed by atoms with Gasteiger partial charge < -0.3 is 19.7 Å². The molecule has 0 aromatic heterocycles. The van der Waals surface area contributed by atoms with Crippen LogP contribution in [0.4, 0.5) is 11.4 Å². The first-order valence-electron chi connectivity index (χ1n) is 11.8. The van der Waals surface area contributed by atoms with Crippen molar-refractivity contribution in [1.29, 1.82) is 0 Å². The highest BCUT2D eigenvalue weighted by Crippen LogP contribution is 2.35. The molecule has 1 saturated heterocycles. The minimum Gasteiger partial charge on any atom is -0.493 e. The number of carbonyl (C=O) groups excluding carboxylic acids is 1. The third kappa shape index (κ3) is 5.15. The number of carbonyl (C=O) groups is 1. The number of rotatable bonds is 8. The quantitative estimate of drug-likeness (QED) is 0.603. The zero-order chi connectivity index (χ0) is 24.3. The molecular weight excluding hydrogens is 454 g/mol. The van der Waals surface area contributed by atoms with Gasteiger partial charge in [-0.25, -0.2) is 12.7 Å². The molecule has 1 N–H and O–H groups in total. The van der Waals surface area contributed by atoms with Crippen molar-refractivity contribution in [3.8, 4) is 11.5 Å². The molecule has 1 saturated carbocycles. The lowest BCUT2D eigenvalue weighted by Gasteiger charge is -2.22. The molecule has 4 rings (SSSR count). The number of nitrogens with one attached hydrogen (secondary N) is 1. The van der Waals surface area contributed by atoms with E-state index in [1.165, 1.54) is 20.2 Å². The summed E-state index contributed by atoms with van der Waals surface area (Å²) in [4.78, 5) is 15.6. The van der Waals surface area contributed by atoms with E-state index in [0.717, 1.165) is 61.6 Å². The van der Waals surface area contributed by atoms with Crippen molar-refractivity contribution in [2.24, 2.45) is 0 Å². The summed E-state index contributed by atoms with van der Waals surface area (Å²) in [5.41, 5.74) is 1.63. The molecule has 0 radical (unpaired) electrons. The standard InChI is InChI=1S/C25H33N3O5S/c1-27(2)34(30,31)20-11-12-22(28-14-6-7-15-28)21(17-20)25(29)26-18-10-13-23(32-3)24(16-18)33-19-8-4-5-9-19/h10-13,16-17,19H,4-9,14-15H2,1-3H3,(H,26,29). The Balaban J connectivity index is 1.65. The van der Waals surface area contributed by atoms with Crippen LogP contribution in [0.15, 0.2) is 41.3 Å². The molecule has 8 nitrogen and oxygen atoms in total. The molecule has 9 heteroatoms. The largest absolute Gasteiger partial charge is 0.493 e. The Kier molecular flexibility index (Phi) is 7.33. The molecule has 1 heterocycles. The van der Waals surface area contributed by atoms with Gasteiger partial charge in [-0.2, -0.15) is 0 Å². The number of nitrogens with zero attached hydrogens (tertiary/aromatic N) is 2. The third-order valence-corrected chi connectivity index (χ3v) is 8.27.